The Kier molecular flexibility index (Phi) is 5.15. The standard InChI is InChI=1S/C18H18N2O6S/c1-25-15-8-7-12(11-16(15)26-2)27(23,24)19-9-10-20-17(21)13-5-3-4-6-14(13)18(20)22/h3-8,11,19H,9-10H2,1-2H3. The van der Waals surface area contributed by atoms with E-state index in [4.69, 9.17) is 9.47 Å². The molecule has 1 aliphatic heterocycles. The third kappa shape index (κ3) is 3.51. The molecule has 2 aromatic rings. The molecule has 0 fully saturated rings. The van der Waals surface area contributed by atoms with Gasteiger partial charge in [0, 0.05) is 19.2 Å². The number of rotatable bonds is 7. The highest BCUT2D eigenvalue weighted by molar-refractivity contribution is 7.89. The van der Waals surface area contributed by atoms with Crippen LogP contribution in [0.2, 0.25) is 0 Å². The van der Waals surface area contributed by atoms with Crippen LogP contribution in [0.1, 0.15) is 20.7 Å². The van der Waals surface area contributed by atoms with E-state index in [9.17, 15) is 18.0 Å². The Balaban J connectivity index is 1.69. The molecule has 1 N–H and O–H groups in total. The molecule has 27 heavy (non-hydrogen) atoms. The molecule has 2 aromatic carbocycles. The Morgan fingerprint density at radius 1 is 0.926 bits per heavy atom. The first-order valence-electron chi connectivity index (χ1n) is 8.06. The molecule has 0 saturated carbocycles. The van der Waals surface area contributed by atoms with Gasteiger partial charge in [0.25, 0.3) is 11.8 Å². The van der Waals surface area contributed by atoms with Crippen LogP contribution in [0.5, 0.6) is 11.5 Å². The van der Waals surface area contributed by atoms with E-state index in [0.29, 0.717) is 16.9 Å². The van der Waals surface area contributed by atoms with Gasteiger partial charge < -0.3 is 9.47 Å². The van der Waals surface area contributed by atoms with Crippen LogP contribution < -0.4 is 14.2 Å². The second-order valence-corrected chi connectivity index (χ2v) is 7.49. The van der Waals surface area contributed by atoms with Gasteiger partial charge in [-0.15, -0.1) is 0 Å². The zero-order valence-corrected chi connectivity index (χ0v) is 15.6. The van der Waals surface area contributed by atoms with E-state index in [0.717, 1.165) is 4.90 Å². The Labute approximate surface area is 156 Å². The third-order valence-corrected chi connectivity index (χ3v) is 5.63. The Morgan fingerprint density at radius 2 is 1.52 bits per heavy atom. The topological polar surface area (TPSA) is 102 Å². The van der Waals surface area contributed by atoms with Crippen LogP contribution in [-0.2, 0) is 10.0 Å². The summed E-state index contributed by atoms with van der Waals surface area (Å²) in [4.78, 5) is 25.6. The number of fused-ring (bicyclic) bond motifs is 1. The number of carbonyl (C=O) groups is 2. The van der Waals surface area contributed by atoms with Gasteiger partial charge >= 0.3 is 0 Å². The number of methoxy groups -OCH3 is 2. The number of nitrogens with zero attached hydrogens (tertiary/aromatic N) is 1. The normalized spacial score (nSPS) is 13.6. The van der Waals surface area contributed by atoms with Crippen LogP contribution in [0.4, 0.5) is 0 Å². The molecule has 0 aromatic heterocycles. The Hall–Kier alpha value is -2.91. The predicted molar refractivity (Wildman–Crippen MR) is 96.5 cm³/mol. The summed E-state index contributed by atoms with van der Waals surface area (Å²) in [5.74, 6) is -0.176. The number of ether oxygens (including phenoxy) is 2. The molecule has 1 heterocycles. The lowest BCUT2D eigenvalue weighted by Crippen LogP contribution is -2.38. The van der Waals surface area contributed by atoms with Crippen molar-refractivity contribution in [3.63, 3.8) is 0 Å². The lowest BCUT2D eigenvalue weighted by Gasteiger charge is -2.15. The molecular weight excluding hydrogens is 372 g/mol. The molecule has 9 heteroatoms. The lowest BCUT2D eigenvalue weighted by molar-refractivity contribution is 0.0657. The molecule has 0 radical (unpaired) electrons. The maximum absolute atomic E-state index is 12.5. The van der Waals surface area contributed by atoms with Crippen LogP contribution >= 0.6 is 0 Å². The molecule has 0 unspecified atom stereocenters. The largest absolute Gasteiger partial charge is 0.493 e. The average molecular weight is 390 g/mol. The fourth-order valence-corrected chi connectivity index (χ4v) is 3.84. The fourth-order valence-electron chi connectivity index (χ4n) is 2.80. The Bertz CT molecular complexity index is 968. The quantitative estimate of drug-likeness (QED) is 0.715. The van der Waals surface area contributed by atoms with E-state index in [1.807, 2.05) is 0 Å². The number of imide groups is 1. The highest BCUT2D eigenvalue weighted by Gasteiger charge is 2.34. The first kappa shape index (κ1) is 18.9. The highest BCUT2D eigenvalue weighted by Crippen LogP contribution is 2.29. The van der Waals surface area contributed by atoms with Crippen LogP contribution in [0.25, 0.3) is 0 Å². The lowest BCUT2D eigenvalue weighted by atomic mass is 10.1. The molecule has 0 atom stereocenters. The molecule has 8 nitrogen and oxygen atoms in total. The molecule has 1 aliphatic rings. The Morgan fingerprint density at radius 3 is 2.07 bits per heavy atom. The van der Waals surface area contributed by atoms with Crippen molar-refractivity contribution < 1.29 is 27.5 Å². The summed E-state index contributed by atoms with van der Waals surface area (Å²) in [5, 5.41) is 0. The average Bonchev–Trinajstić information content (AvgIpc) is 2.92. The van der Waals surface area contributed by atoms with Crippen molar-refractivity contribution in [2.45, 2.75) is 4.90 Å². The zero-order valence-electron chi connectivity index (χ0n) is 14.8. The van der Waals surface area contributed by atoms with Gasteiger partial charge in [-0.1, -0.05) is 12.1 Å². The van der Waals surface area contributed by atoms with Crippen molar-refractivity contribution in [1.29, 1.82) is 0 Å². The van der Waals surface area contributed by atoms with E-state index in [-0.39, 0.29) is 23.7 Å². The molecular formula is C18H18N2O6S. The number of hydrogen-bond donors (Lipinski definition) is 1. The van der Waals surface area contributed by atoms with Crippen molar-refractivity contribution in [2.75, 3.05) is 27.3 Å². The van der Waals surface area contributed by atoms with Gasteiger partial charge in [0.05, 0.1) is 30.2 Å². The summed E-state index contributed by atoms with van der Waals surface area (Å²) >= 11 is 0. The number of sulfonamides is 1. The van der Waals surface area contributed by atoms with Gasteiger partial charge in [-0.05, 0) is 24.3 Å². The molecule has 0 spiro atoms. The number of amides is 2. The zero-order chi connectivity index (χ0) is 19.6. The van der Waals surface area contributed by atoms with Gasteiger partial charge in [0.2, 0.25) is 10.0 Å². The third-order valence-electron chi connectivity index (χ3n) is 4.17. The highest BCUT2D eigenvalue weighted by atomic mass is 32.2. The number of carbonyl (C=O) groups excluding carboxylic acids is 2. The number of nitrogens with one attached hydrogen (secondary N) is 1. The van der Waals surface area contributed by atoms with Crippen LogP contribution in [0, 0.1) is 0 Å². The van der Waals surface area contributed by atoms with E-state index in [2.05, 4.69) is 4.72 Å². The molecule has 142 valence electrons. The summed E-state index contributed by atoms with van der Waals surface area (Å²) in [6, 6.07) is 10.7. The van der Waals surface area contributed by atoms with E-state index < -0.39 is 21.8 Å². The summed E-state index contributed by atoms with van der Waals surface area (Å²) < 4.78 is 37.5. The second-order valence-electron chi connectivity index (χ2n) is 5.72. The summed E-state index contributed by atoms with van der Waals surface area (Å²) in [6.45, 7) is -0.180. The van der Waals surface area contributed by atoms with Gasteiger partial charge in [-0.2, -0.15) is 0 Å². The summed E-state index contributed by atoms with van der Waals surface area (Å²) in [5.41, 5.74) is 0.649. The predicted octanol–water partition coefficient (Wildman–Crippen LogP) is 1.28. The van der Waals surface area contributed by atoms with Crippen molar-refractivity contribution in [1.82, 2.24) is 9.62 Å². The number of benzene rings is 2. The van der Waals surface area contributed by atoms with Gasteiger partial charge in [0.15, 0.2) is 11.5 Å². The van der Waals surface area contributed by atoms with E-state index in [1.165, 1.54) is 32.4 Å². The van der Waals surface area contributed by atoms with E-state index in [1.54, 1.807) is 24.3 Å². The molecule has 0 saturated heterocycles. The minimum atomic E-state index is -3.85. The van der Waals surface area contributed by atoms with Crippen LogP contribution in [0.15, 0.2) is 47.4 Å². The van der Waals surface area contributed by atoms with Crippen molar-refractivity contribution in [2.24, 2.45) is 0 Å². The molecule has 0 aliphatic carbocycles. The first-order chi connectivity index (χ1) is 12.9. The summed E-state index contributed by atoms with van der Waals surface area (Å²) in [6.07, 6.45) is 0. The van der Waals surface area contributed by atoms with Crippen molar-refractivity contribution >= 4 is 21.8 Å². The second kappa shape index (κ2) is 7.37. The fraction of sp³-hybridized carbons (Fsp3) is 0.222. The van der Waals surface area contributed by atoms with E-state index >= 15 is 0 Å². The first-order valence-corrected chi connectivity index (χ1v) is 9.54. The molecule has 0 bridgehead atoms. The maximum atomic E-state index is 12.5. The van der Waals surface area contributed by atoms with Crippen LogP contribution in [0.3, 0.4) is 0 Å². The van der Waals surface area contributed by atoms with Gasteiger partial charge in [0.1, 0.15) is 0 Å². The molecule has 3 rings (SSSR count). The van der Waals surface area contributed by atoms with Gasteiger partial charge in [-0.25, -0.2) is 13.1 Å². The molecule has 2 amide bonds. The monoisotopic (exact) mass is 390 g/mol. The number of hydrogen-bond acceptors (Lipinski definition) is 6. The summed E-state index contributed by atoms with van der Waals surface area (Å²) in [7, 11) is -0.989. The van der Waals surface area contributed by atoms with Crippen molar-refractivity contribution in [3.05, 3.63) is 53.6 Å². The van der Waals surface area contributed by atoms with Crippen LogP contribution in [-0.4, -0.2) is 52.4 Å². The maximum Gasteiger partial charge on any atom is 0.261 e. The van der Waals surface area contributed by atoms with Crippen molar-refractivity contribution in [3.8, 4) is 11.5 Å². The minimum absolute atomic E-state index is 0.0116. The SMILES string of the molecule is COc1ccc(S(=O)(=O)NCCN2C(=O)c3ccccc3C2=O)cc1OC. The van der Waals surface area contributed by atoms with Gasteiger partial charge in [-0.3, -0.25) is 14.5 Å². The smallest absolute Gasteiger partial charge is 0.261 e. The minimum Gasteiger partial charge on any atom is -0.493 e.